The van der Waals surface area contributed by atoms with Crippen LogP contribution in [-0.2, 0) is 26.1 Å². The Kier molecular flexibility index (Phi) is 5.40. The van der Waals surface area contributed by atoms with Gasteiger partial charge >= 0.3 is 5.97 Å². The van der Waals surface area contributed by atoms with Crippen molar-refractivity contribution in [2.45, 2.75) is 12.7 Å². The number of carbonyl (C=O) groups excluding carboxylic acids is 1. The van der Waals surface area contributed by atoms with E-state index < -0.39 is 34.3 Å². The van der Waals surface area contributed by atoms with E-state index in [0.29, 0.717) is 0 Å². The summed E-state index contributed by atoms with van der Waals surface area (Å²) < 4.78 is 42.4. The van der Waals surface area contributed by atoms with Crippen LogP contribution >= 0.6 is 0 Å². The number of halogens is 2. The fourth-order valence-electron chi connectivity index (χ4n) is 1.43. The highest BCUT2D eigenvalue weighted by Gasteiger charge is 2.17. The summed E-state index contributed by atoms with van der Waals surface area (Å²) in [6.07, 6.45) is 0. The molecule has 0 fully saturated rings. The minimum atomic E-state index is -1.45. The van der Waals surface area contributed by atoms with Crippen molar-refractivity contribution in [3.8, 4) is 0 Å². The average Bonchev–Trinajstić information content (AvgIpc) is 2.32. The molecular weight excluding hydrogens is 262 g/mol. The van der Waals surface area contributed by atoms with Crippen LogP contribution in [0.15, 0.2) is 18.2 Å². The highest BCUT2D eigenvalue weighted by Crippen LogP contribution is 2.13. The molecule has 1 aromatic carbocycles. The van der Waals surface area contributed by atoms with Crippen molar-refractivity contribution in [2.75, 3.05) is 12.9 Å². The molecule has 1 rings (SSSR count). The SMILES string of the molecule is COC(=O)C(C)CS(=O)Cc1cc(F)ccc1F. The lowest BCUT2D eigenvalue weighted by Crippen LogP contribution is -2.20. The first-order valence-electron chi connectivity index (χ1n) is 5.30. The number of ether oxygens (including phenoxy) is 1. The fourth-order valence-corrected chi connectivity index (χ4v) is 2.81. The van der Waals surface area contributed by atoms with Gasteiger partial charge < -0.3 is 4.74 Å². The largest absolute Gasteiger partial charge is 0.469 e. The average molecular weight is 276 g/mol. The molecule has 0 saturated carbocycles. The zero-order valence-electron chi connectivity index (χ0n) is 10.1. The van der Waals surface area contributed by atoms with E-state index in [0.717, 1.165) is 18.2 Å². The van der Waals surface area contributed by atoms with E-state index in [4.69, 9.17) is 0 Å². The first-order valence-corrected chi connectivity index (χ1v) is 6.79. The first-order chi connectivity index (χ1) is 8.43. The zero-order valence-corrected chi connectivity index (χ0v) is 10.9. The Morgan fingerprint density at radius 2 is 2.11 bits per heavy atom. The minimum absolute atomic E-state index is 0.0467. The molecule has 1 aromatic rings. The van der Waals surface area contributed by atoms with Crippen LogP contribution in [0, 0.1) is 17.6 Å². The van der Waals surface area contributed by atoms with Crippen molar-refractivity contribution in [3.05, 3.63) is 35.4 Å². The Labute approximate surface area is 107 Å². The number of methoxy groups -OCH3 is 1. The summed E-state index contributed by atoms with van der Waals surface area (Å²) in [5.41, 5.74) is 0.0467. The normalized spacial score (nSPS) is 14.0. The molecule has 0 radical (unpaired) electrons. The summed E-state index contributed by atoms with van der Waals surface area (Å²) in [7, 11) is -0.205. The summed E-state index contributed by atoms with van der Waals surface area (Å²) in [5, 5.41) is 0. The zero-order chi connectivity index (χ0) is 13.7. The van der Waals surface area contributed by atoms with Gasteiger partial charge in [0, 0.05) is 22.1 Å². The molecule has 0 spiro atoms. The molecular formula is C12H14F2O3S. The van der Waals surface area contributed by atoms with Crippen molar-refractivity contribution in [1.29, 1.82) is 0 Å². The van der Waals surface area contributed by atoms with Gasteiger partial charge in [0.2, 0.25) is 0 Å². The topological polar surface area (TPSA) is 43.4 Å². The van der Waals surface area contributed by atoms with E-state index in [-0.39, 0.29) is 17.1 Å². The van der Waals surface area contributed by atoms with Gasteiger partial charge in [-0.1, -0.05) is 6.92 Å². The fraction of sp³-hybridized carbons (Fsp3) is 0.417. The maximum atomic E-state index is 13.3. The van der Waals surface area contributed by atoms with Crippen LogP contribution < -0.4 is 0 Å². The van der Waals surface area contributed by atoms with Gasteiger partial charge in [-0.05, 0) is 18.2 Å². The van der Waals surface area contributed by atoms with Crippen LogP contribution in [0.5, 0.6) is 0 Å². The van der Waals surface area contributed by atoms with E-state index in [1.807, 2.05) is 0 Å². The lowest BCUT2D eigenvalue weighted by Gasteiger charge is -2.09. The van der Waals surface area contributed by atoms with Gasteiger partial charge in [-0.15, -0.1) is 0 Å². The number of rotatable bonds is 5. The second-order valence-corrected chi connectivity index (χ2v) is 5.41. The molecule has 100 valence electrons. The molecule has 0 aromatic heterocycles. The van der Waals surface area contributed by atoms with Crippen molar-refractivity contribution >= 4 is 16.8 Å². The van der Waals surface area contributed by atoms with Crippen molar-refractivity contribution in [3.63, 3.8) is 0 Å². The summed E-state index contributed by atoms with van der Waals surface area (Å²) in [6, 6.07) is 3.00. The lowest BCUT2D eigenvalue weighted by atomic mass is 10.2. The third kappa shape index (κ3) is 4.18. The van der Waals surface area contributed by atoms with E-state index in [1.54, 1.807) is 6.92 Å². The van der Waals surface area contributed by atoms with Gasteiger partial charge in [0.25, 0.3) is 0 Å². The second-order valence-electron chi connectivity index (χ2n) is 3.91. The molecule has 18 heavy (non-hydrogen) atoms. The van der Waals surface area contributed by atoms with Gasteiger partial charge in [-0.25, -0.2) is 8.78 Å². The molecule has 0 heterocycles. The van der Waals surface area contributed by atoms with Crippen LogP contribution in [0.3, 0.4) is 0 Å². The van der Waals surface area contributed by atoms with Crippen molar-refractivity contribution in [1.82, 2.24) is 0 Å². The molecule has 0 amide bonds. The lowest BCUT2D eigenvalue weighted by molar-refractivity contribution is -0.144. The third-order valence-corrected chi connectivity index (χ3v) is 3.87. The summed E-state index contributed by atoms with van der Waals surface area (Å²) >= 11 is 0. The van der Waals surface area contributed by atoms with E-state index >= 15 is 0 Å². The molecule has 3 nitrogen and oxygen atoms in total. The quantitative estimate of drug-likeness (QED) is 0.773. The Balaban J connectivity index is 2.65. The predicted molar refractivity (Wildman–Crippen MR) is 64.3 cm³/mol. The van der Waals surface area contributed by atoms with Crippen LogP contribution in [-0.4, -0.2) is 23.0 Å². The Bertz CT molecular complexity index is 463. The van der Waals surface area contributed by atoms with Gasteiger partial charge in [0.1, 0.15) is 11.6 Å². The molecule has 0 N–H and O–H groups in total. The Hall–Kier alpha value is -1.30. The van der Waals surface area contributed by atoms with E-state index in [2.05, 4.69) is 4.74 Å². The van der Waals surface area contributed by atoms with Crippen LogP contribution in [0.4, 0.5) is 8.78 Å². The molecule has 0 aliphatic rings. The third-order valence-electron chi connectivity index (χ3n) is 2.36. The predicted octanol–water partition coefficient (Wildman–Crippen LogP) is 2.02. The number of esters is 1. The molecule has 0 aliphatic carbocycles. The Morgan fingerprint density at radius 3 is 2.72 bits per heavy atom. The second kappa shape index (κ2) is 6.58. The number of benzene rings is 1. The molecule has 0 saturated heterocycles. The highest BCUT2D eigenvalue weighted by molar-refractivity contribution is 7.84. The standard InChI is InChI=1S/C12H14F2O3S/c1-8(12(15)17-2)6-18(16)7-9-5-10(13)3-4-11(9)14/h3-5,8H,6-7H2,1-2H3. The van der Waals surface area contributed by atoms with Gasteiger partial charge in [-0.2, -0.15) is 0 Å². The summed E-state index contributed by atoms with van der Waals surface area (Å²) in [5.74, 6) is -2.25. The van der Waals surface area contributed by atoms with Crippen LogP contribution in [0.2, 0.25) is 0 Å². The van der Waals surface area contributed by atoms with Crippen molar-refractivity contribution < 1.29 is 22.5 Å². The molecule has 2 atom stereocenters. The van der Waals surface area contributed by atoms with Crippen LogP contribution in [0.1, 0.15) is 12.5 Å². The highest BCUT2D eigenvalue weighted by atomic mass is 32.2. The smallest absolute Gasteiger partial charge is 0.309 e. The molecule has 2 unspecified atom stereocenters. The minimum Gasteiger partial charge on any atom is -0.469 e. The summed E-state index contributed by atoms with van der Waals surface area (Å²) in [4.78, 5) is 11.1. The molecule has 0 aliphatic heterocycles. The maximum absolute atomic E-state index is 13.3. The van der Waals surface area contributed by atoms with E-state index in [1.165, 1.54) is 7.11 Å². The maximum Gasteiger partial charge on any atom is 0.309 e. The number of hydrogen-bond donors (Lipinski definition) is 0. The summed E-state index contributed by atoms with van der Waals surface area (Å²) in [6.45, 7) is 1.58. The van der Waals surface area contributed by atoms with Crippen molar-refractivity contribution in [2.24, 2.45) is 5.92 Å². The number of carbonyl (C=O) groups is 1. The Morgan fingerprint density at radius 1 is 1.44 bits per heavy atom. The molecule has 0 bridgehead atoms. The van der Waals surface area contributed by atoms with E-state index in [9.17, 15) is 17.8 Å². The van der Waals surface area contributed by atoms with Gasteiger partial charge in [0.15, 0.2) is 0 Å². The van der Waals surface area contributed by atoms with Crippen LogP contribution in [0.25, 0.3) is 0 Å². The number of hydrogen-bond acceptors (Lipinski definition) is 3. The molecule has 6 heteroatoms. The van der Waals surface area contributed by atoms with Gasteiger partial charge in [0.05, 0.1) is 18.8 Å². The monoisotopic (exact) mass is 276 g/mol. The van der Waals surface area contributed by atoms with Gasteiger partial charge in [-0.3, -0.25) is 9.00 Å². The first kappa shape index (κ1) is 14.8.